The summed E-state index contributed by atoms with van der Waals surface area (Å²) in [6.45, 7) is 2.05. The maximum Gasteiger partial charge on any atom is 0.269 e. The second-order valence-corrected chi connectivity index (χ2v) is 7.26. The van der Waals surface area contributed by atoms with Crippen molar-refractivity contribution in [2.75, 3.05) is 7.11 Å². The molecule has 1 aromatic heterocycles. The van der Waals surface area contributed by atoms with Crippen molar-refractivity contribution in [2.24, 2.45) is 0 Å². The Morgan fingerprint density at radius 2 is 1.79 bits per heavy atom. The van der Waals surface area contributed by atoms with Gasteiger partial charge in [-0.25, -0.2) is 0 Å². The number of hydrogen-bond donors (Lipinski definition) is 0. The van der Waals surface area contributed by atoms with Gasteiger partial charge < -0.3 is 9.47 Å². The molecule has 0 spiro atoms. The van der Waals surface area contributed by atoms with E-state index in [2.05, 4.69) is 11.4 Å². The fourth-order valence-electron chi connectivity index (χ4n) is 3.11. The molecule has 4 rings (SSSR count). The van der Waals surface area contributed by atoms with Crippen LogP contribution in [0.15, 0.2) is 66.0 Å². The number of benzene rings is 3. The lowest BCUT2D eigenvalue weighted by molar-refractivity contribution is -0.384. The number of fused-ring (bicyclic) bond motifs is 1. The number of non-ortho nitro benzene ring substituents is 1. The largest absolute Gasteiger partial charge is 0.496 e. The number of nitrogens with zero attached hydrogens (tertiary/aromatic N) is 1. The van der Waals surface area contributed by atoms with Crippen LogP contribution >= 0.6 is 11.3 Å². The number of nitro groups is 1. The van der Waals surface area contributed by atoms with E-state index in [0.29, 0.717) is 11.5 Å². The summed E-state index contributed by atoms with van der Waals surface area (Å²) in [4.78, 5) is 11.5. The van der Waals surface area contributed by atoms with Crippen LogP contribution in [0.25, 0.3) is 21.2 Å². The van der Waals surface area contributed by atoms with Crippen molar-refractivity contribution in [1.82, 2.24) is 0 Å². The molecule has 5 nitrogen and oxygen atoms in total. The molecule has 0 fully saturated rings. The van der Waals surface area contributed by atoms with Gasteiger partial charge in [0.05, 0.1) is 17.6 Å². The minimum absolute atomic E-state index is 0.0250. The molecule has 0 aliphatic carbocycles. The van der Waals surface area contributed by atoms with Crippen LogP contribution in [-0.2, 0) is 0 Å². The van der Waals surface area contributed by atoms with Crippen molar-refractivity contribution in [1.29, 1.82) is 0 Å². The molecule has 0 unspecified atom stereocenters. The quantitative estimate of drug-likeness (QED) is 0.284. The zero-order valence-electron chi connectivity index (χ0n) is 15.3. The van der Waals surface area contributed by atoms with Gasteiger partial charge in [0.25, 0.3) is 5.69 Å². The van der Waals surface area contributed by atoms with Gasteiger partial charge in [-0.1, -0.05) is 24.3 Å². The van der Waals surface area contributed by atoms with Gasteiger partial charge in [0, 0.05) is 22.4 Å². The molecule has 3 aromatic carbocycles. The summed E-state index contributed by atoms with van der Waals surface area (Å²) in [5, 5.41) is 14.9. The van der Waals surface area contributed by atoms with E-state index in [1.54, 1.807) is 30.6 Å². The lowest BCUT2D eigenvalue weighted by Gasteiger charge is -2.17. The van der Waals surface area contributed by atoms with Gasteiger partial charge in [-0.2, -0.15) is 0 Å². The van der Waals surface area contributed by atoms with Crippen LogP contribution in [-0.4, -0.2) is 12.0 Å². The molecule has 4 aromatic rings. The lowest BCUT2D eigenvalue weighted by Crippen LogP contribution is -1.94. The van der Waals surface area contributed by atoms with Crippen LogP contribution < -0.4 is 9.47 Å². The Hall–Kier alpha value is -3.38. The summed E-state index contributed by atoms with van der Waals surface area (Å²) >= 11 is 1.62. The first-order valence-corrected chi connectivity index (χ1v) is 9.52. The Bertz CT molecular complexity index is 1170. The third kappa shape index (κ3) is 3.30. The first-order valence-electron chi connectivity index (χ1n) is 8.64. The molecular weight excluding hydrogens is 374 g/mol. The zero-order chi connectivity index (χ0) is 19.7. The molecule has 0 saturated heterocycles. The molecule has 0 aliphatic heterocycles. The Balaban J connectivity index is 1.92. The normalized spacial score (nSPS) is 10.8. The van der Waals surface area contributed by atoms with Gasteiger partial charge in [0.2, 0.25) is 0 Å². The van der Waals surface area contributed by atoms with Crippen LogP contribution in [0.2, 0.25) is 0 Å². The fourth-order valence-corrected chi connectivity index (χ4v) is 4.05. The highest BCUT2D eigenvalue weighted by Crippen LogP contribution is 2.47. The number of thiophene rings is 1. The summed E-state index contributed by atoms with van der Waals surface area (Å²) in [7, 11) is 1.64. The molecule has 0 amide bonds. The number of methoxy groups -OCH3 is 1. The number of nitro benzene ring substituents is 1. The Morgan fingerprint density at radius 3 is 2.43 bits per heavy atom. The number of hydrogen-bond acceptors (Lipinski definition) is 5. The van der Waals surface area contributed by atoms with Crippen molar-refractivity contribution in [3.63, 3.8) is 0 Å². The third-order valence-electron chi connectivity index (χ3n) is 4.43. The van der Waals surface area contributed by atoms with Crippen molar-refractivity contribution in [3.8, 4) is 27.7 Å². The summed E-state index contributed by atoms with van der Waals surface area (Å²) in [5.41, 5.74) is 2.06. The first kappa shape index (κ1) is 18.0. The highest BCUT2D eigenvalue weighted by Gasteiger charge is 2.19. The van der Waals surface area contributed by atoms with Gasteiger partial charge >= 0.3 is 0 Å². The van der Waals surface area contributed by atoms with Crippen molar-refractivity contribution in [2.45, 2.75) is 6.92 Å². The summed E-state index contributed by atoms with van der Waals surface area (Å²) in [5.74, 6) is 1.92. The molecule has 0 radical (unpaired) electrons. The topological polar surface area (TPSA) is 61.6 Å². The average Bonchev–Trinajstić information content (AvgIpc) is 3.13. The summed E-state index contributed by atoms with van der Waals surface area (Å²) in [6, 6.07) is 18.1. The predicted octanol–water partition coefficient (Wildman–Crippen LogP) is 6.59. The highest BCUT2D eigenvalue weighted by molar-refractivity contribution is 7.13. The molecule has 140 valence electrons. The minimum Gasteiger partial charge on any atom is -0.496 e. The van der Waals surface area contributed by atoms with E-state index in [9.17, 15) is 10.1 Å². The van der Waals surface area contributed by atoms with E-state index in [0.717, 1.165) is 32.5 Å². The molecule has 0 atom stereocenters. The van der Waals surface area contributed by atoms with E-state index in [4.69, 9.17) is 9.47 Å². The average molecular weight is 391 g/mol. The second-order valence-electron chi connectivity index (χ2n) is 6.35. The van der Waals surface area contributed by atoms with Crippen LogP contribution in [0, 0.1) is 17.0 Å². The number of rotatable bonds is 5. The van der Waals surface area contributed by atoms with Crippen molar-refractivity contribution < 1.29 is 14.4 Å². The molecular formula is C22H17NO4S. The van der Waals surface area contributed by atoms with E-state index in [-0.39, 0.29) is 5.69 Å². The molecule has 0 bridgehead atoms. The maximum absolute atomic E-state index is 10.9. The first-order chi connectivity index (χ1) is 13.6. The standard InChI is InChI=1S/C22H17NO4S/c1-14-11-20(28-13-14)21-19(26-2)12-15-5-3-4-6-18(15)22(21)27-17-9-7-16(8-10-17)23(24)25/h3-13H,1-2H3. The molecule has 0 N–H and O–H groups in total. The minimum atomic E-state index is -0.426. The Kier molecular flexibility index (Phi) is 4.71. The van der Waals surface area contributed by atoms with Gasteiger partial charge in [-0.05, 0) is 47.5 Å². The van der Waals surface area contributed by atoms with E-state index in [1.165, 1.54) is 12.1 Å². The van der Waals surface area contributed by atoms with Crippen molar-refractivity contribution >= 4 is 27.8 Å². The Morgan fingerprint density at radius 1 is 1.04 bits per heavy atom. The monoisotopic (exact) mass is 391 g/mol. The molecule has 28 heavy (non-hydrogen) atoms. The second kappa shape index (κ2) is 7.32. The number of ether oxygens (including phenoxy) is 2. The van der Waals surface area contributed by atoms with E-state index < -0.39 is 4.92 Å². The van der Waals surface area contributed by atoms with Gasteiger partial charge in [0.1, 0.15) is 17.2 Å². The summed E-state index contributed by atoms with van der Waals surface area (Å²) < 4.78 is 12.0. The van der Waals surface area contributed by atoms with Gasteiger partial charge in [0.15, 0.2) is 0 Å². The fraction of sp³-hybridized carbons (Fsp3) is 0.0909. The highest BCUT2D eigenvalue weighted by atomic mass is 32.1. The SMILES string of the molecule is COc1cc2ccccc2c(Oc2ccc([N+](=O)[O-])cc2)c1-c1cc(C)cs1. The van der Waals surface area contributed by atoms with E-state index in [1.807, 2.05) is 37.3 Å². The van der Waals surface area contributed by atoms with Crippen LogP contribution in [0.3, 0.4) is 0 Å². The summed E-state index contributed by atoms with van der Waals surface area (Å²) in [6.07, 6.45) is 0. The van der Waals surface area contributed by atoms with Crippen molar-refractivity contribution in [3.05, 3.63) is 81.7 Å². The maximum atomic E-state index is 10.9. The number of aryl methyl sites for hydroxylation is 1. The molecule has 6 heteroatoms. The van der Waals surface area contributed by atoms with Gasteiger partial charge in [-0.15, -0.1) is 11.3 Å². The predicted molar refractivity (Wildman–Crippen MR) is 112 cm³/mol. The Labute approximate surface area is 165 Å². The molecule has 0 saturated carbocycles. The van der Waals surface area contributed by atoms with E-state index >= 15 is 0 Å². The smallest absolute Gasteiger partial charge is 0.269 e. The molecule has 0 aliphatic rings. The van der Waals surface area contributed by atoms with Crippen LogP contribution in [0.4, 0.5) is 5.69 Å². The zero-order valence-corrected chi connectivity index (χ0v) is 16.2. The van der Waals surface area contributed by atoms with Crippen LogP contribution in [0.5, 0.6) is 17.2 Å². The third-order valence-corrected chi connectivity index (χ3v) is 5.50. The van der Waals surface area contributed by atoms with Gasteiger partial charge in [-0.3, -0.25) is 10.1 Å². The van der Waals surface area contributed by atoms with Crippen LogP contribution in [0.1, 0.15) is 5.56 Å². The molecule has 1 heterocycles. The lowest BCUT2D eigenvalue weighted by atomic mass is 10.0.